The average molecular weight is 220 g/mol. The molecule has 0 aromatic rings. The quantitative estimate of drug-likeness (QED) is 0.791. The Hall–Kier alpha value is -0.0900. The van der Waals surface area contributed by atoms with Gasteiger partial charge in [-0.15, -0.1) is 0 Å². The zero-order valence-electron chi connectivity index (χ0n) is 10.2. The second kappa shape index (κ2) is 4.62. The summed E-state index contributed by atoms with van der Waals surface area (Å²) in [5, 5.41) is -0.0493. The summed E-state index contributed by atoms with van der Waals surface area (Å²) in [7, 11) is -2.18. The summed E-state index contributed by atoms with van der Waals surface area (Å²) < 4.78 is 16.6. The molecule has 3 nitrogen and oxygen atoms in total. The van der Waals surface area contributed by atoms with Gasteiger partial charge in [-0.3, -0.25) is 0 Å². The maximum Gasteiger partial charge on any atom is 0.0618 e. The molecule has 0 amide bonds. The van der Waals surface area contributed by atoms with E-state index < -0.39 is 9.73 Å². The molecular weight excluding hydrogens is 196 g/mol. The Morgan fingerprint density at radius 1 is 1.43 bits per heavy atom. The van der Waals surface area contributed by atoms with E-state index in [4.69, 9.17) is 5.73 Å². The first-order valence-corrected chi connectivity index (χ1v) is 7.06. The minimum Gasteiger partial charge on any atom is -0.327 e. The monoisotopic (exact) mass is 220 g/mol. The summed E-state index contributed by atoms with van der Waals surface area (Å²) in [5.41, 5.74) is 5.63. The molecule has 0 aliphatic carbocycles. The lowest BCUT2D eigenvalue weighted by molar-refractivity contribution is 0.567. The van der Waals surface area contributed by atoms with Gasteiger partial charge in [0.25, 0.3) is 0 Å². The molecule has 0 rings (SSSR count). The van der Waals surface area contributed by atoms with Crippen LogP contribution < -0.4 is 5.73 Å². The molecule has 0 heterocycles. The fourth-order valence-corrected chi connectivity index (χ4v) is 3.38. The van der Waals surface area contributed by atoms with Gasteiger partial charge in [0.15, 0.2) is 0 Å². The maximum absolute atomic E-state index is 12.3. The first kappa shape index (κ1) is 13.9. The Morgan fingerprint density at radius 2 is 1.86 bits per heavy atom. The van der Waals surface area contributed by atoms with Crippen molar-refractivity contribution in [2.45, 2.75) is 57.9 Å². The van der Waals surface area contributed by atoms with Gasteiger partial charge < -0.3 is 5.73 Å². The van der Waals surface area contributed by atoms with Gasteiger partial charge in [0.2, 0.25) is 0 Å². The van der Waals surface area contributed by atoms with Crippen molar-refractivity contribution in [3.8, 4) is 0 Å². The largest absolute Gasteiger partial charge is 0.327 e. The van der Waals surface area contributed by atoms with Crippen molar-refractivity contribution in [3.63, 3.8) is 0 Å². The summed E-state index contributed by atoms with van der Waals surface area (Å²) in [6, 6.07) is -0.0291. The van der Waals surface area contributed by atoms with Crippen molar-refractivity contribution in [2.75, 3.05) is 6.26 Å². The molecule has 2 unspecified atom stereocenters. The third kappa shape index (κ3) is 4.42. The zero-order chi connectivity index (χ0) is 11.6. The average Bonchev–Trinajstić information content (AvgIpc) is 1.97. The summed E-state index contributed by atoms with van der Waals surface area (Å²) in [6.07, 6.45) is 2.55. The minimum atomic E-state index is -2.18. The van der Waals surface area contributed by atoms with E-state index in [1.807, 2.05) is 34.6 Å². The molecule has 0 aliphatic heterocycles. The highest BCUT2D eigenvalue weighted by atomic mass is 32.2. The normalized spacial score (nSPS) is 21.1. The number of nitrogens with two attached hydrogens (primary N) is 1. The van der Waals surface area contributed by atoms with Crippen molar-refractivity contribution in [3.05, 3.63) is 0 Å². The third-order valence-electron chi connectivity index (χ3n) is 2.22. The van der Waals surface area contributed by atoms with Crippen molar-refractivity contribution >= 4 is 9.73 Å². The summed E-state index contributed by atoms with van der Waals surface area (Å²) >= 11 is 0. The predicted octanol–water partition coefficient (Wildman–Crippen LogP) is 2.01. The second-order valence-corrected chi connectivity index (χ2v) is 7.55. The lowest BCUT2D eigenvalue weighted by Crippen LogP contribution is -2.38. The molecule has 0 bridgehead atoms. The van der Waals surface area contributed by atoms with E-state index in [1.165, 1.54) is 0 Å². The molecule has 0 aromatic carbocycles. The van der Waals surface area contributed by atoms with E-state index in [1.54, 1.807) is 6.26 Å². The smallest absolute Gasteiger partial charge is 0.0618 e. The van der Waals surface area contributed by atoms with Gasteiger partial charge in [0.1, 0.15) is 0 Å². The number of rotatable bonds is 3. The fourth-order valence-electron chi connectivity index (χ4n) is 1.28. The van der Waals surface area contributed by atoms with Crippen LogP contribution in [0.4, 0.5) is 0 Å². The molecule has 3 atom stereocenters. The van der Waals surface area contributed by atoms with Crippen LogP contribution >= 0.6 is 0 Å². The van der Waals surface area contributed by atoms with E-state index in [9.17, 15) is 4.21 Å². The Labute approximate surface area is 88.6 Å². The molecule has 0 fully saturated rings. The topological polar surface area (TPSA) is 55.5 Å². The van der Waals surface area contributed by atoms with E-state index in [0.29, 0.717) is 0 Å². The van der Waals surface area contributed by atoms with Gasteiger partial charge in [0.05, 0.1) is 10.8 Å². The summed E-state index contributed by atoms with van der Waals surface area (Å²) in [6.45, 7) is 9.81. The molecule has 2 N–H and O–H groups in total. The molecule has 0 radical (unpaired) electrons. The molecule has 0 saturated carbocycles. The molecule has 0 aliphatic rings. The van der Waals surface area contributed by atoms with Crippen LogP contribution in [0.3, 0.4) is 0 Å². The zero-order valence-corrected chi connectivity index (χ0v) is 11.0. The summed E-state index contributed by atoms with van der Waals surface area (Å²) in [5.74, 6) is 0. The van der Waals surface area contributed by atoms with Crippen molar-refractivity contribution < 1.29 is 4.21 Å². The molecule has 14 heavy (non-hydrogen) atoms. The maximum atomic E-state index is 12.3. The molecule has 0 aromatic heterocycles. The van der Waals surface area contributed by atoms with E-state index in [-0.39, 0.29) is 16.8 Å². The molecule has 0 saturated heterocycles. The van der Waals surface area contributed by atoms with E-state index in [2.05, 4.69) is 4.36 Å². The van der Waals surface area contributed by atoms with Gasteiger partial charge in [-0.1, -0.05) is 6.92 Å². The minimum absolute atomic E-state index is 0.0291. The highest BCUT2D eigenvalue weighted by molar-refractivity contribution is 7.93. The standard InChI is InChI=1S/C10H24N2OS/c1-7-9(11)8(2)14(6,13)12-10(3,4)5/h8-9H,7,11H2,1-6H3/t8-,9?,14?/m0/s1. The lowest BCUT2D eigenvalue weighted by atomic mass is 10.1. The van der Waals surface area contributed by atoms with Crippen LogP contribution in [0.2, 0.25) is 0 Å². The van der Waals surface area contributed by atoms with Gasteiger partial charge in [-0.25, -0.2) is 8.57 Å². The Kier molecular flexibility index (Phi) is 4.59. The number of nitrogens with zero attached hydrogens (tertiary/aromatic N) is 1. The van der Waals surface area contributed by atoms with Crippen LogP contribution in [0.5, 0.6) is 0 Å². The van der Waals surface area contributed by atoms with Gasteiger partial charge in [-0.05, 0) is 34.1 Å². The van der Waals surface area contributed by atoms with Crippen molar-refractivity contribution in [1.29, 1.82) is 0 Å². The molecule has 4 heteroatoms. The van der Waals surface area contributed by atoms with Crippen LogP contribution in [0.25, 0.3) is 0 Å². The van der Waals surface area contributed by atoms with Gasteiger partial charge >= 0.3 is 0 Å². The second-order valence-electron chi connectivity index (χ2n) is 4.90. The van der Waals surface area contributed by atoms with Crippen molar-refractivity contribution in [1.82, 2.24) is 0 Å². The lowest BCUT2D eigenvalue weighted by Gasteiger charge is -2.23. The Bertz CT molecular complexity index is 285. The van der Waals surface area contributed by atoms with Gasteiger partial charge in [0, 0.05) is 22.0 Å². The van der Waals surface area contributed by atoms with E-state index >= 15 is 0 Å². The third-order valence-corrected chi connectivity index (χ3v) is 4.86. The molecule has 0 spiro atoms. The summed E-state index contributed by atoms with van der Waals surface area (Å²) in [4.78, 5) is 0. The first-order chi connectivity index (χ1) is 6.10. The Morgan fingerprint density at radius 3 is 2.14 bits per heavy atom. The van der Waals surface area contributed by atoms with Crippen molar-refractivity contribution in [2.24, 2.45) is 10.1 Å². The fraction of sp³-hybridized carbons (Fsp3) is 1.00. The number of hydrogen-bond acceptors (Lipinski definition) is 3. The van der Waals surface area contributed by atoms with Crippen LogP contribution in [-0.2, 0) is 9.73 Å². The van der Waals surface area contributed by atoms with Crippen LogP contribution in [0, 0.1) is 0 Å². The number of hydrogen-bond donors (Lipinski definition) is 1. The SMILES string of the molecule is CCC(N)[C@H](C)S(C)(=O)=NC(C)(C)C. The van der Waals surface area contributed by atoms with Crippen LogP contribution in [-0.4, -0.2) is 27.3 Å². The highest BCUT2D eigenvalue weighted by Gasteiger charge is 2.22. The Balaban J connectivity index is 4.97. The van der Waals surface area contributed by atoms with Gasteiger partial charge in [-0.2, -0.15) is 0 Å². The predicted molar refractivity (Wildman–Crippen MR) is 64.0 cm³/mol. The molecule has 86 valence electrons. The van der Waals surface area contributed by atoms with Crippen LogP contribution in [0.1, 0.15) is 41.0 Å². The van der Waals surface area contributed by atoms with E-state index in [0.717, 1.165) is 6.42 Å². The van der Waals surface area contributed by atoms with Crippen LogP contribution in [0.15, 0.2) is 4.36 Å². The highest BCUT2D eigenvalue weighted by Crippen LogP contribution is 2.15. The first-order valence-electron chi connectivity index (χ1n) is 5.08. The molecular formula is C10H24N2OS.